The van der Waals surface area contributed by atoms with Crippen LogP contribution in [0.4, 0.5) is 0 Å². The lowest BCUT2D eigenvalue weighted by molar-refractivity contribution is -0.659. The van der Waals surface area contributed by atoms with Crippen LogP contribution in [0.1, 0.15) is 0 Å². The molecule has 0 saturated carbocycles. The number of benzene rings is 2. The van der Waals surface area contributed by atoms with Crippen molar-refractivity contribution >= 4 is 34.0 Å². The highest BCUT2D eigenvalue weighted by atomic mass is 35.5. The monoisotopic (exact) mass is 383 g/mol. The van der Waals surface area contributed by atoms with E-state index in [1.54, 1.807) is 20.3 Å². The van der Waals surface area contributed by atoms with Crippen molar-refractivity contribution in [2.24, 2.45) is 7.05 Å². The predicted molar refractivity (Wildman–Crippen MR) is 93.7 cm³/mol. The van der Waals surface area contributed by atoms with E-state index in [0.717, 1.165) is 22.0 Å². The first-order chi connectivity index (χ1) is 11.0. The van der Waals surface area contributed by atoms with E-state index in [2.05, 4.69) is 12.3 Å². The second-order valence-corrected chi connectivity index (χ2v) is 6.05. The Hall–Kier alpha value is -1.68. The van der Waals surface area contributed by atoms with Crippen LogP contribution in [0.5, 0.6) is 11.5 Å². The Morgan fingerprint density at radius 3 is 2.04 bits per heavy atom. The van der Waals surface area contributed by atoms with Crippen LogP contribution in [0, 0.1) is 0 Å². The zero-order valence-electron chi connectivity index (χ0n) is 13.4. The molecule has 3 aromatic rings. The summed E-state index contributed by atoms with van der Waals surface area (Å²) in [6.45, 7) is 0. The van der Waals surface area contributed by atoms with Crippen LogP contribution in [-0.4, -0.2) is 14.2 Å². The zero-order valence-corrected chi connectivity index (χ0v) is 15.7. The minimum absolute atomic E-state index is 0. The Bertz CT molecular complexity index is 897. The molecule has 1 heterocycles. The molecule has 0 radical (unpaired) electrons. The van der Waals surface area contributed by atoms with Gasteiger partial charge >= 0.3 is 0 Å². The van der Waals surface area contributed by atoms with Gasteiger partial charge in [-0.1, -0.05) is 23.2 Å². The molecule has 0 amide bonds. The van der Waals surface area contributed by atoms with Gasteiger partial charge in [0.1, 0.15) is 7.05 Å². The molecule has 1 aromatic heterocycles. The summed E-state index contributed by atoms with van der Waals surface area (Å²) in [5, 5.41) is 3.21. The first-order valence-corrected chi connectivity index (χ1v) is 7.80. The molecule has 6 heteroatoms. The third kappa shape index (κ3) is 3.39. The van der Waals surface area contributed by atoms with E-state index in [9.17, 15) is 0 Å². The first-order valence-electron chi connectivity index (χ1n) is 7.04. The number of ether oxygens (including phenoxy) is 2. The summed E-state index contributed by atoms with van der Waals surface area (Å²) in [7, 11) is 5.26. The summed E-state index contributed by atoms with van der Waals surface area (Å²) in [5.74, 6) is 1.41. The maximum atomic E-state index is 6.14. The van der Waals surface area contributed by atoms with Gasteiger partial charge in [0.2, 0.25) is 5.69 Å². The Kier molecular flexibility index (Phi) is 5.81. The van der Waals surface area contributed by atoms with Crippen LogP contribution in [0.2, 0.25) is 10.0 Å². The van der Waals surface area contributed by atoms with E-state index in [0.29, 0.717) is 21.5 Å². The van der Waals surface area contributed by atoms with Gasteiger partial charge < -0.3 is 21.9 Å². The lowest BCUT2D eigenvalue weighted by atomic mass is 10.1. The zero-order chi connectivity index (χ0) is 16.6. The van der Waals surface area contributed by atoms with Crippen LogP contribution in [0.15, 0.2) is 42.6 Å². The summed E-state index contributed by atoms with van der Waals surface area (Å²) >= 11 is 12.2. The van der Waals surface area contributed by atoms with Gasteiger partial charge in [-0.05, 0) is 35.7 Å². The highest BCUT2D eigenvalue weighted by Crippen LogP contribution is 2.33. The minimum atomic E-state index is 0. The van der Waals surface area contributed by atoms with E-state index in [4.69, 9.17) is 32.7 Å². The summed E-state index contributed by atoms with van der Waals surface area (Å²) in [6.07, 6.45) is 2.05. The third-order valence-corrected chi connectivity index (χ3v) is 4.55. The highest BCUT2D eigenvalue weighted by molar-refractivity contribution is 6.42. The predicted octanol–water partition coefficient (Wildman–Crippen LogP) is 1.66. The number of aryl methyl sites for hydroxylation is 1. The SMILES string of the molecule is COc1cc2cc(-c3ccc(Cl)c(Cl)c3)[n+](C)cc2cc1OC.[Cl-]. The number of hydrogen-bond acceptors (Lipinski definition) is 2. The molecule has 0 atom stereocenters. The number of nitrogens with zero attached hydrogens (tertiary/aromatic N) is 1. The van der Waals surface area contributed by atoms with Crippen molar-refractivity contribution in [2.45, 2.75) is 0 Å². The number of methoxy groups -OCH3 is 2. The fraction of sp³-hybridized carbons (Fsp3) is 0.167. The molecule has 0 N–H and O–H groups in total. The highest BCUT2D eigenvalue weighted by Gasteiger charge is 2.15. The van der Waals surface area contributed by atoms with Crippen molar-refractivity contribution in [3.05, 3.63) is 52.6 Å². The average Bonchev–Trinajstić information content (AvgIpc) is 2.55. The number of pyridine rings is 1. The maximum Gasteiger partial charge on any atom is 0.212 e. The molecule has 3 nitrogen and oxygen atoms in total. The third-order valence-electron chi connectivity index (χ3n) is 3.81. The summed E-state index contributed by atoms with van der Waals surface area (Å²) in [6, 6.07) is 11.7. The second-order valence-electron chi connectivity index (χ2n) is 5.23. The van der Waals surface area contributed by atoms with E-state index < -0.39 is 0 Å². The smallest absolute Gasteiger partial charge is 0.212 e. The quantitative estimate of drug-likeness (QED) is 0.641. The Morgan fingerprint density at radius 2 is 1.46 bits per heavy atom. The molecule has 0 saturated heterocycles. The number of hydrogen-bond donors (Lipinski definition) is 0. The summed E-state index contributed by atoms with van der Waals surface area (Å²) in [4.78, 5) is 0. The maximum absolute atomic E-state index is 6.14. The van der Waals surface area contributed by atoms with Crippen molar-refractivity contribution in [1.82, 2.24) is 0 Å². The van der Waals surface area contributed by atoms with Gasteiger partial charge in [-0.15, -0.1) is 0 Å². The molecule has 2 aromatic carbocycles. The van der Waals surface area contributed by atoms with Gasteiger partial charge in [-0.25, -0.2) is 4.57 Å². The molecule has 0 aliphatic carbocycles. The van der Waals surface area contributed by atoms with Crippen molar-refractivity contribution in [1.29, 1.82) is 0 Å². The van der Waals surface area contributed by atoms with E-state index in [-0.39, 0.29) is 12.4 Å². The van der Waals surface area contributed by atoms with Crippen molar-refractivity contribution in [3.63, 3.8) is 0 Å². The van der Waals surface area contributed by atoms with E-state index in [1.807, 2.05) is 35.9 Å². The van der Waals surface area contributed by atoms with Gasteiger partial charge in [0.15, 0.2) is 17.7 Å². The van der Waals surface area contributed by atoms with Crippen molar-refractivity contribution < 1.29 is 26.4 Å². The molecule has 0 spiro atoms. The molecule has 0 aliphatic heterocycles. The normalized spacial score (nSPS) is 10.4. The second kappa shape index (κ2) is 7.47. The average molecular weight is 385 g/mol. The lowest BCUT2D eigenvalue weighted by Crippen LogP contribution is -3.00. The number of rotatable bonds is 3. The molecule has 3 rings (SSSR count). The van der Waals surface area contributed by atoms with Crippen molar-refractivity contribution in [3.8, 4) is 22.8 Å². The number of aromatic nitrogens is 1. The largest absolute Gasteiger partial charge is 1.00 e. The lowest BCUT2D eigenvalue weighted by Gasteiger charge is -2.10. The Balaban J connectivity index is 0.00000208. The molecule has 0 unspecified atom stereocenters. The molecular formula is C18H16Cl3NO2. The summed E-state index contributed by atoms with van der Waals surface area (Å²) in [5.41, 5.74) is 2.03. The van der Waals surface area contributed by atoms with Crippen LogP contribution in [0.25, 0.3) is 22.0 Å². The van der Waals surface area contributed by atoms with Crippen LogP contribution in [-0.2, 0) is 7.05 Å². The molecule has 0 fully saturated rings. The van der Waals surface area contributed by atoms with Gasteiger partial charge in [-0.2, -0.15) is 0 Å². The van der Waals surface area contributed by atoms with Crippen LogP contribution in [0.3, 0.4) is 0 Å². The molecule has 126 valence electrons. The van der Waals surface area contributed by atoms with Gasteiger partial charge in [0.25, 0.3) is 0 Å². The molecule has 0 aliphatic rings. The number of halogens is 3. The van der Waals surface area contributed by atoms with Gasteiger partial charge in [0, 0.05) is 17.0 Å². The standard InChI is InChI=1S/C18H16Cl2NO2.ClH/c1-21-10-13-9-18(23-3)17(22-2)8-12(13)7-16(21)11-4-5-14(19)15(20)6-11;/h4-10H,1-3H3;1H/q+1;/p-1. The van der Waals surface area contributed by atoms with Gasteiger partial charge in [0.05, 0.1) is 24.3 Å². The molecule has 0 bridgehead atoms. The fourth-order valence-electron chi connectivity index (χ4n) is 2.62. The Morgan fingerprint density at radius 1 is 0.833 bits per heavy atom. The molecular weight excluding hydrogens is 369 g/mol. The Labute approximate surface area is 157 Å². The fourth-order valence-corrected chi connectivity index (χ4v) is 2.92. The molecule has 24 heavy (non-hydrogen) atoms. The van der Waals surface area contributed by atoms with E-state index >= 15 is 0 Å². The van der Waals surface area contributed by atoms with Crippen molar-refractivity contribution in [2.75, 3.05) is 14.2 Å². The van der Waals surface area contributed by atoms with E-state index in [1.165, 1.54) is 0 Å². The van der Waals surface area contributed by atoms with Crippen LogP contribution < -0.4 is 26.4 Å². The first kappa shape index (κ1) is 18.7. The summed E-state index contributed by atoms with van der Waals surface area (Å²) < 4.78 is 12.8. The van der Waals surface area contributed by atoms with Crippen LogP contribution >= 0.6 is 23.2 Å². The van der Waals surface area contributed by atoms with Gasteiger partial charge in [-0.3, -0.25) is 0 Å². The minimum Gasteiger partial charge on any atom is -1.00 e. The number of fused-ring (bicyclic) bond motifs is 1. The topological polar surface area (TPSA) is 22.3 Å².